The van der Waals surface area contributed by atoms with E-state index in [1.807, 2.05) is 54.6 Å². The molecule has 4 aromatic rings. The molecular weight excluding hydrogens is 422 g/mol. The highest BCUT2D eigenvalue weighted by Gasteiger charge is 2.20. The van der Waals surface area contributed by atoms with E-state index in [1.54, 1.807) is 12.1 Å². The molecule has 0 atom stereocenters. The van der Waals surface area contributed by atoms with Crippen LogP contribution in [0.4, 0.5) is 5.82 Å². The average Bonchev–Trinajstić information content (AvgIpc) is 2.82. The van der Waals surface area contributed by atoms with E-state index in [1.165, 1.54) is 0 Å². The molecule has 0 bridgehead atoms. The highest BCUT2D eigenvalue weighted by Crippen LogP contribution is 2.25. The molecule has 164 valence electrons. The predicted molar refractivity (Wildman–Crippen MR) is 127 cm³/mol. The van der Waals surface area contributed by atoms with Crippen LogP contribution in [0.25, 0.3) is 21.7 Å². The van der Waals surface area contributed by atoms with Gasteiger partial charge in [0, 0.05) is 31.6 Å². The van der Waals surface area contributed by atoms with Gasteiger partial charge < -0.3 is 9.80 Å². The number of nitrogens with one attached hydrogen (secondary N) is 1. The Bertz CT molecular complexity index is 1380. The standard InChI is InChI=1S/C24H25N5O2S/c1-28-12-14-29(15-13-28)24-21-8-4-5-9-22(21)26-23(27-24)17-25-32(30,31)20-11-10-18-6-2-3-7-19(18)16-20/h2-11,16,25H,12-15,17H2,1H3. The highest BCUT2D eigenvalue weighted by molar-refractivity contribution is 7.89. The lowest BCUT2D eigenvalue weighted by atomic mass is 10.1. The van der Waals surface area contributed by atoms with Crippen LogP contribution in [0.5, 0.6) is 0 Å². The first kappa shape index (κ1) is 20.8. The molecule has 0 unspecified atom stereocenters. The number of anilines is 1. The molecule has 1 N–H and O–H groups in total. The maximum atomic E-state index is 13.0. The summed E-state index contributed by atoms with van der Waals surface area (Å²) in [6.07, 6.45) is 0. The molecule has 3 aromatic carbocycles. The SMILES string of the molecule is CN1CCN(c2nc(CNS(=O)(=O)c3ccc4ccccc4c3)nc3ccccc23)CC1. The summed E-state index contributed by atoms with van der Waals surface area (Å²) in [4.78, 5) is 14.2. The molecule has 2 heterocycles. The van der Waals surface area contributed by atoms with Gasteiger partial charge in [-0.25, -0.2) is 23.1 Å². The molecule has 0 spiro atoms. The summed E-state index contributed by atoms with van der Waals surface area (Å²) in [6.45, 7) is 3.70. The second kappa shape index (κ2) is 8.46. The first-order chi connectivity index (χ1) is 15.5. The zero-order valence-electron chi connectivity index (χ0n) is 17.9. The van der Waals surface area contributed by atoms with Crippen molar-refractivity contribution in [2.24, 2.45) is 0 Å². The minimum atomic E-state index is -3.70. The lowest BCUT2D eigenvalue weighted by Gasteiger charge is -2.33. The molecule has 32 heavy (non-hydrogen) atoms. The van der Waals surface area contributed by atoms with Crippen LogP contribution in [0, 0.1) is 0 Å². The third kappa shape index (κ3) is 4.17. The van der Waals surface area contributed by atoms with Crippen molar-refractivity contribution in [3.05, 3.63) is 72.6 Å². The Kier molecular flexibility index (Phi) is 5.50. The topological polar surface area (TPSA) is 78.4 Å². The van der Waals surface area contributed by atoms with Gasteiger partial charge in [0.1, 0.15) is 11.6 Å². The van der Waals surface area contributed by atoms with Crippen LogP contribution in [-0.2, 0) is 16.6 Å². The number of likely N-dealkylation sites (N-methyl/N-ethyl adjacent to an activating group) is 1. The summed E-state index contributed by atoms with van der Waals surface area (Å²) in [5, 5.41) is 2.87. The van der Waals surface area contributed by atoms with E-state index in [9.17, 15) is 8.42 Å². The molecule has 1 aliphatic rings. The van der Waals surface area contributed by atoms with Gasteiger partial charge in [0.2, 0.25) is 10.0 Å². The number of rotatable bonds is 5. The van der Waals surface area contributed by atoms with Crippen LogP contribution in [0.1, 0.15) is 5.82 Å². The van der Waals surface area contributed by atoms with Gasteiger partial charge in [-0.2, -0.15) is 0 Å². The number of hydrogen-bond acceptors (Lipinski definition) is 6. The number of para-hydroxylation sites is 1. The van der Waals surface area contributed by atoms with Crippen molar-refractivity contribution in [2.75, 3.05) is 38.1 Å². The Balaban J connectivity index is 1.43. The van der Waals surface area contributed by atoms with Crippen molar-refractivity contribution in [1.82, 2.24) is 19.6 Å². The van der Waals surface area contributed by atoms with Crippen LogP contribution in [0.2, 0.25) is 0 Å². The molecule has 0 radical (unpaired) electrons. The van der Waals surface area contributed by atoms with Crippen LogP contribution < -0.4 is 9.62 Å². The van der Waals surface area contributed by atoms with Crippen molar-refractivity contribution in [2.45, 2.75) is 11.4 Å². The fourth-order valence-electron chi connectivity index (χ4n) is 4.02. The Hall–Kier alpha value is -3.07. The van der Waals surface area contributed by atoms with Crippen molar-refractivity contribution < 1.29 is 8.42 Å². The molecule has 8 heteroatoms. The second-order valence-electron chi connectivity index (χ2n) is 8.10. The van der Waals surface area contributed by atoms with Crippen LogP contribution in [0.3, 0.4) is 0 Å². The molecule has 0 amide bonds. The van der Waals surface area contributed by atoms with Crippen LogP contribution >= 0.6 is 0 Å². The third-order valence-electron chi connectivity index (χ3n) is 5.88. The van der Waals surface area contributed by atoms with Gasteiger partial charge in [0.05, 0.1) is 17.0 Å². The van der Waals surface area contributed by atoms with Gasteiger partial charge in [-0.15, -0.1) is 0 Å². The molecule has 1 fully saturated rings. The van der Waals surface area contributed by atoms with Gasteiger partial charge in [-0.1, -0.05) is 42.5 Å². The second-order valence-corrected chi connectivity index (χ2v) is 9.87. The van der Waals surface area contributed by atoms with E-state index in [4.69, 9.17) is 4.98 Å². The normalized spacial score (nSPS) is 15.5. The molecule has 0 aliphatic carbocycles. The lowest BCUT2D eigenvalue weighted by Crippen LogP contribution is -2.45. The summed E-state index contributed by atoms with van der Waals surface area (Å²) in [6, 6.07) is 20.7. The summed E-state index contributed by atoms with van der Waals surface area (Å²) < 4.78 is 28.6. The van der Waals surface area contributed by atoms with Gasteiger partial charge in [-0.3, -0.25) is 0 Å². The number of nitrogens with zero attached hydrogens (tertiary/aromatic N) is 4. The number of aromatic nitrogens is 2. The Morgan fingerprint density at radius 3 is 2.41 bits per heavy atom. The van der Waals surface area contributed by atoms with E-state index in [-0.39, 0.29) is 11.4 Å². The fraction of sp³-hybridized carbons (Fsp3) is 0.250. The van der Waals surface area contributed by atoms with Gasteiger partial charge >= 0.3 is 0 Å². The predicted octanol–water partition coefficient (Wildman–Crippen LogP) is 3.01. The number of sulfonamides is 1. The quantitative estimate of drug-likeness (QED) is 0.507. The zero-order valence-corrected chi connectivity index (χ0v) is 18.7. The Morgan fingerprint density at radius 1 is 0.875 bits per heavy atom. The van der Waals surface area contributed by atoms with Gasteiger partial charge in [0.15, 0.2) is 0 Å². The number of fused-ring (bicyclic) bond motifs is 2. The molecule has 1 saturated heterocycles. The first-order valence-corrected chi connectivity index (χ1v) is 12.2. The fourth-order valence-corrected chi connectivity index (χ4v) is 5.04. The van der Waals surface area contributed by atoms with Crippen molar-refractivity contribution in [3.8, 4) is 0 Å². The number of piperazine rings is 1. The van der Waals surface area contributed by atoms with Gasteiger partial charge in [-0.05, 0) is 42.1 Å². The van der Waals surface area contributed by atoms with E-state index < -0.39 is 10.0 Å². The number of benzene rings is 3. The summed E-state index contributed by atoms with van der Waals surface area (Å²) in [5.74, 6) is 1.32. The molecule has 0 saturated carbocycles. The zero-order chi connectivity index (χ0) is 22.1. The Morgan fingerprint density at radius 2 is 1.59 bits per heavy atom. The van der Waals surface area contributed by atoms with Crippen molar-refractivity contribution in [1.29, 1.82) is 0 Å². The Labute approximate surface area is 187 Å². The van der Waals surface area contributed by atoms with E-state index in [0.717, 1.165) is 53.7 Å². The number of hydrogen-bond donors (Lipinski definition) is 1. The van der Waals surface area contributed by atoms with Crippen LogP contribution in [-0.4, -0.2) is 56.5 Å². The highest BCUT2D eigenvalue weighted by atomic mass is 32.2. The average molecular weight is 448 g/mol. The van der Waals surface area contributed by atoms with Crippen molar-refractivity contribution >= 4 is 37.5 Å². The summed E-state index contributed by atoms with van der Waals surface area (Å²) in [7, 11) is -1.58. The van der Waals surface area contributed by atoms with E-state index in [0.29, 0.717) is 5.82 Å². The maximum absolute atomic E-state index is 13.0. The minimum Gasteiger partial charge on any atom is -0.353 e. The minimum absolute atomic E-state index is 0.0285. The first-order valence-electron chi connectivity index (χ1n) is 10.7. The van der Waals surface area contributed by atoms with Crippen LogP contribution in [0.15, 0.2) is 71.6 Å². The largest absolute Gasteiger partial charge is 0.353 e. The molecule has 1 aromatic heterocycles. The molecule has 5 rings (SSSR count). The van der Waals surface area contributed by atoms with Gasteiger partial charge in [0.25, 0.3) is 0 Å². The maximum Gasteiger partial charge on any atom is 0.240 e. The van der Waals surface area contributed by atoms with E-state index in [2.05, 4.69) is 26.6 Å². The van der Waals surface area contributed by atoms with Crippen molar-refractivity contribution in [3.63, 3.8) is 0 Å². The monoisotopic (exact) mass is 447 g/mol. The summed E-state index contributed by atoms with van der Waals surface area (Å²) >= 11 is 0. The van der Waals surface area contributed by atoms with E-state index >= 15 is 0 Å². The molecule has 7 nitrogen and oxygen atoms in total. The smallest absolute Gasteiger partial charge is 0.240 e. The summed E-state index contributed by atoms with van der Waals surface area (Å²) in [5.41, 5.74) is 0.816. The third-order valence-corrected chi connectivity index (χ3v) is 7.28. The molecular formula is C24H25N5O2S. The molecule has 1 aliphatic heterocycles. The lowest BCUT2D eigenvalue weighted by molar-refractivity contribution is 0.312.